The van der Waals surface area contributed by atoms with Crippen molar-refractivity contribution in [1.82, 2.24) is 0 Å². The summed E-state index contributed by atoms with van der Waals surface area (Å²) in [6.45, 7) is 30.2. The number of rotatable bonds is 4. The molecule has 4 saturated carbocycles. The molecule has 67 heavy (non-hydrogen) atoms. The first-order valence-electron chi connectivity index (χ1n) is 25.0. The molecule has 0 radical (unpaired) electrons. The van der Waals surface area contributed by atoms with E-state index in [0.717, 1.165) is 68.9 Å². The van der Waals surface area contributed by atoms with Crippen LogP contribution in [0.1, 0.15) is 120 Å². The minimum absolute atomic E-state index is 0. The van der Waals surface area contributed by atoms with Gasteiger partial charge in [0.1, 0.15) is 0 Å². The number of halogens is 2. The third-order valence-corrected chi connectivity index (χ3v) is 34.0. The molecule has 2 aromatic carbocycles. The second kappa shape index (κ2) is 20.3. The number of hydrogen-bond donors (Lipinski definition) is 0. The van der Waals surface area contributed by atoms with Crippen molar-refractivity contribution in [1.29, 1.82) is 0 Å². The van der Waals surface area contributed by atoms with Gasteiger partial charge in [0, 0.05) is 41.1 Å². The first-order chi connectivity index (χ1) is 30.9. The van der Waals surface area contributed by atoms with Crippen molar-refractivity contribution in [3.8, 4) is 11.1 Å². The molecule has 0 amide bonds. The van der Waals surface area contributed by atoms with Crippen LogP contribution in [0.5, 0.6) is 0 Å². The molecule has 0 bridgehead atoms. The first-order valence-corrected chi connectivity index (χ1v) is 41.0. The molecule has 0 spiro atoms. The van der Waals surface area contributed by atoms with Gasteiger partial charge >= 0.3 is 37.9 Å². The molecule has 9 heteroatoms. The molecule has 8 aliphatic rings. The van der Waals surface area contributed by atoms with Gasteiger partial charge in [-0.05, 0) is 187 Å². The molecule has 4 aromatic rings. The number of thioether (sulfide) groups is 2. The Hall–Kier alpha value is -0.0831. The van der Waals surface area contributed by atoms with E-state index < -0.39 is 37.0 Å². The Morgan fingerprint density at radius 2 is 1.19 bits per heavy atom. The standard InChI is InChI=1S/C28H44S2Si.C28H28S2Si.2CH3.2ClH.Zr/c2*1-15-7-8-19-9-10-20-22(21(19)11-15)12-16(2)27(20)31(5,6)28-25-23(13-17(3)29-25)24-14-18(4)30-26(24)28;;;;;/h13-16,19-28H,7-12H2,1-6H3;7-14,27-28H,1-6H3;2*1H3;2*1H;/q;;2*-1;;;+4/p-2. The van der Waals surface area contributed by atoms with Crippen LogP contribution in [0.3, 0.4) is 0 Å². The Morgan fingerprint density at radius 3 is 1.79 bits per heavy atom. The van der Waals surface area contributed by atoms with Crippen LogP contribution in [0.15, 0.2) is 70.0 Å². The number of thiophene rings is 2. The SMILES string of the molecule is CC1=CC2C3C=C(C)SC3C([Si](C)(C)C3C(C)CC4C5CC(C)CCC5CCC43)C2S1.CC1=Cc2c(ccc3ccc(C)cc23)C1[Si](C)(C)C1c2sc(C)cc2-c2cc(C)sc21.[CH3-].[CH3-].[Cl][Zr+2][Cl]. The second-order valence-electron chi connectivity index (χ2n) is 23.4. The van der Waals surface area contributed by atoms with Crippen LogP contribution >= 0.6 is 63.2 Å². The van der Waals surface area contributed by atoms with Gasteiger partial charge in [0.2, 0.25) is 0 Å². The molecule has 4 heterocycles. The first kappa shape index (κ1) is 53.2. The van der Waals surface area contributed by atoms with Crippen molar-refractivity contribution in [3.05, 3.63) is 121 Å². The van der Waals surface area contributed by atoms with E-state index in [4.69, 9.17) is 17.0 Å². The predicted octanol–water partition coefficient (Wildman–Crippen LogP) is 20.1. The summed E-state index contributed by atoms with van der Waals surface area (Å²) >= 11 is 7.85. The molecule has 360 valence electrons. The predicted molar refractivity (Wildman–Crippen MR) is 308 cm³/mol. The quantitative estimate of drug-likeness (QED) is 0.148. The second-order valence-corrected chi connectivity index (χ2v) is 42.3. The van der Waals surface area contributed by atoms with Crippen LogP contribution in [0.25, 0.3) is 28.0 Å². The van der Waals surface area contributed by atoms with Gasteiger partial charge in [-0.3, -0.25) is 0 Å². The van der Waals surface area contributed by atoms with Gasteiger partial charge in [-0.25, -0.2) is 0 Å². The summed E-state index contributed by atoms with van der Waals surface area (Å²) in [5, 5.41) is 4.58. The number of allylic oxidation sites excluding steroid dienone is 5. The molecule has 2 aromatic heterocycles. The fourth-order valence-electron chi connectivity index (χ4n) is 16.6. The van der Waals surface area contributed by atoms with Crippen molar-refractivity contribution >= 4 is 96.2 Å². The van der Waals surface area contributed by atoms with E-state index in [1.165, 1.54) is 49.2 Å². The van der Waals surface area contributed by atoms with Gasteiger partial charge in [0.25, 0.3) is 0 Å². The molecule has 12 atom stereocenters. The van der Waals surface area contributed by atoms with E-state index in [9.17, 15) is 0 Å². The van der Waals surface area contributed by atoms with E-state index in [-0.39, 0.29) is 14.9 Å². The summed E-state index contributed by atoms with van der Waals surface area (Å²) < 4.78 is 0. The number of fused-ring (bicyclic) bond motifs is 12. The summed E-state index contributed by atoms with van der Waals surface area (Å²) in [4.78, 5) is 9.45. The van der Waals surface area contributed by atoms with Crippen LogP contribution in [0.4, 0.5) is 0 Å². The van der Waals surface area contributed by atoms with Crippen LogP contribution in [0.2, 0.25) is 37.3 Å². The van der Waals surface area contributed by atoms with Crippen LogP contribution in [0, 0.1) is 83.0 Å². The summed E-state index contributed by atoms with van der Waals surface area (Å²) in [6, 6.07) is 16.6. The molecule has 2 aliphatic heterocycles. The zero-order chi connectivity index (χ0) is 46.0. The van der Waals surface area contributed by atoms with E-state index in [2.05, 4.69) is 166 Å². The Morgan fingerprint density at radius 1 is 0.627 bits per heavy atom. The Bertz CT molecular complexity index is 2510. The molecule has 12 rings (SSSR count). The average molecular weight is 1120 g/mol. The zero-order valence-electron chi connectivity index (χ0n) is 43.0. The summed E-state index contributed by atoms with van der Waals surface area (Å²) in [5.41, 5.74) is 12.3. The molecule has 6 aliphatic carbocycles. The third kappa shape index (κ3) is 9.11. The van der Waals surface area contributed by atoms with E-state index in [1.54, 1.807) is 62.8 Å². The number of benzene rings is 2. The number of aryl methyl sites for hydroxylation is 3. The Labute approximate surface area is 444 Å². The van der Waals surface area contributed by atoms with Crippen LogP contribution in [-0.2, 0) is 20.8 Å². The summed E-state index contributed by atoms with van der Waals surface area (Å²) in [6.07, 6.45) is 17.2. The van der Waals surface area contributed by atoms with E-state index in [0.29, 0.717) is 11.1 Å². The fraction of sp³-hybridized carbons (Fsp3) is 0.552. The molecular formula is C58H78Cl2S4Si2Zr. The summed E-state index contributed by atoms with van der Waals surface area (Å²) in [7, 11) is 6.67. The van der Waals surface area contributed by atoms with Gasteiger partial charge in [-0.15, -0.1) is 46.2 Å². The Kier molecular flexibility index (Phi) is 16.1. The molecule has 12 unspecified atom stereocenters. The van der Waals surface area contributed by atoms with Gasteiger partial charge in [-0.1, -0.05) is 106 Å². The van der Waals surface area contributed by atoms with E-state index in [1.807, 2.05) is 22.7 Å². The third-order valence-electron chi connectivity index (χ3n) is 18.6. The summed E-state index contributed by atoms with van der Waals surface area (Å²) in [5.74, 6) is 7.95. The van der Waals surface area contributed by atoms with Crippen molar-refractivity contribution < 1.29 is 20.8 Å². The normalized spacial score (nSPS) is 33.1. The number of hydrogen-bond acceptors (Lipinski definition) is 4. The molecule has 0 N–H and O–H groups in total. The maximum atomic E-state index is 4.93. The topological polar surface area (TPSA) is 0 Å². The zero-order valence-corrected chi connectivity index (χ0v) is 52.2. The van der Waals surface area contributed by atoms with Crippen molar-refractivity contribution in [2.45, 2.75) is 153 Å². The Balaban J connectivity index is 0.000000167. The monoisotopic (exact) mass is 1120 g/mol. The molecule has 4 fully saturated rings. The van der Waals surface area contributed by atoms with Gasteiger partial charge in [-0.2, -0.15) is 0 Å². The minimum atomic E-state index is -1.78. The van der Waals surface area contributed by atoms with Gasteiger partial charge in [0.05, 0.1) is 16.1 Å². The average Bonchev–Trinajstić information content (AvgIpc) is 4.11. The van der Waals surface area contributed by atoms with Crippen molar-refractivity contribution in [2.24, 2.45) is 47.3 Å². The van der Waals surface area contributed by atoms with Gasteiger partial charge in [0.15, 0.2) is 0 Å². The van der Waals surface area contributed by atoms with Crippen molar-refractivity contribution in [2.75, 3.05) is 0 Å². The molecule has 0 saturated heterocycles. The molecule has 0 nitrogen and oxygen atoms in total. The molecular weight excluding hydrogens is 1040 g/mol. The maximum absolute atomic E-state index is 4.93. The van der Waals surface area contributed by atoms with Crippen molar-refractivity contribution in [3.63, 3.8) is 0 Å². The van der Waals surface area contributed by atoms with Crippen LogP contribution in [-0.4, -0.2) is 26.6 Å². The van der Waals surface area contributed by atoms with E-state index >= 15 is 0 Å². The van der Waals surface area contributed by atoms with Crippen LogP contribution < -0.4 is 0 Å². The van der Waals surface area contributed by atoms with Gasteiger partial charge < -0.3 is 14.9 Å². The fourth-order valence-corrected chi connectivity index (χ4v) is 36.4.